The topological polar surface area (TPSA) is 85.4 Å². The van der Waals surface area contributed by atoms with Crippen LogP contribution in [-0.2, 0) is 0 Å². The molecule has 2 aromatic carbocycles. The van der Waals surface area contributed by atoms with Crippen LogP contribution in [0.2, 0.25) is 0 Å². The number of carbonyl (C=O) groups is 1. The number of nitrogens with zero attached hydrogens (tertiary/aromatic N) is 2. The van der Waals surface area contributed by atoms with Crippen molar-refractivity contribution in [3.8, 4) is 11.5 Å². The number of rotatable bonds is 7. The number of aryl methyl sites for hydroxylation is 1. The summed E-state index contributed by atoms with van der Waals surface area (Å²) in [6, 6.07) is 14.6. The number of hydrogen-bond donors (Lipinski definition) is 2. The third kappa shape index (κ3) is 4.56. The Balaban J connectivity index is 1.84. The monoisotopic (exact) mass is 378 g/mol. The highest BCUT2D eigenvalue weighted by atomic mass is 16.5. The first kappa shape index (κ1) is 19.2. The van der Waals surface area contributed by atoms with Crippen LogP contribution < -0.4 is 20.1 Å². The highest BCUT2D eigenvalue weighted by Crippen LogP contribution is 2.31. The molecule has 3 rings (SSSR count). The Labute approximate surface area is 163 Å². The number of benzene rings is 2. The molecule has 0 aliphatic rings. The van der Waals surface area contributed by atoms with E-state index in [9.17, 15) is 4.79 Å². The quantitative estimate of drug-likeness (QED) is 0.586. The van der Waals surface area contributed by atoms with Crippen molar-refractivity contribution in [1.29, 1.82) is 0 Å². The standard InChI is InChI=1S/C21H22N4O3/c1-13-10-20(23-17-8-9-18(27-3)19(12-17)28-4)25-21(22-13)24-16-7-5-6-15(11-16)14(2)26/h5-12H,1-4H3,(H2,22,23,24,25). The fourth-order valence-electron chi connectivity index (χ4n) is 2.70. The molecule has 2 N–H and O–H groups in total. The Morgan fingerprint density at radius 1 is 0.893 bits per heavy atom. The number of nitrogens with one attached hydrogen (secondary N) is 2. The fraction of sp³-hybridized carbons (Fsp3) is 0.190. The maximum Gasteiger partial charge on any atom is 0.229 e. The van der Waals surface area contributed by atoms with Gasteiger partial charge in [0.25, 0.3) is 0 Å². The number of anilines is 4. The first-order chi connectivity index (χ1) is 13.5. The van der Waals surface area contributed by atoms with E-state index in [1.807, 2.05) is 43.3 Å². The third-order valence-electron chi connectivity index (χ3n) is 4.04. The van der Waals surface area contributed by atoms with Crippen LogP contribution in [0.3, 0.4) is 0 Å². The number of ether oxygens (including phenoxy) is 2. The van der Waals surface area contributed by atoms with E-state index < -0.39 is 0 Å². The molecule has 0 spiro atoms. The lowest BCUT2D eigenvalue weighted by Crippen LogP contribution is -2.03. The summed E-state index contributed by atoms with van der Waals surface area (Å²) >= 11 is 0. The number of Topliss-reactive ketones (excluding diaryl/α,β-unsaturated/α-hetero) is 1. The van der Waals surface area contributed by atoms with Gasteiger partial charge in [0.1, 0.15) is 5.82 Å². The van der Waals surface area contributed by atoms with Crippen LogP contribution in [0.4, 0.5) is 23.1 Å². The molecular formula is C21H22N4O3. The van der Waals surface area contributed by atoms with E-state index in [1.165, 1.54) is 6.92 Å². The van der Waals surface area contributed by atoms with Gasteiger partial charge in [0.15, 0.2) is 17.3 Å². The molecule has 28 heavy (non-hydrogen) atoms. The van der Waals surface area contributed by atoms with E-state index in [1.54, 1.807) is 26.4 Å². The van der Waals surface area contributed by atoms with Gasteiger partial charge in [-0.3, -0.25) is 4.79 Å². The maximum atomic E-state index is 11.6. The van der Waals surface area contributed by atoms with Gasteiger partial charge in [-0.1, -0.05) is 12.1 Å². The van der Waals surface area contributed by atoms with Crippen molar-refractivity contribution in [3.63, 3.8) is 0 Å². The fourth-order valence-corrected chi connectivity index (χ4v) is 2.70. The Hall–Kier alpha value is -3.61. The average molecular weight is 378 g/mol. The predicted octanol–water partition coefficient (Wildman–Crippen LogP) is 4.49. The van der Waals surface area contributed by atoms with E-state index in [2.05, 4.69) is 20.6 Å². The van der Waals surface area contributed by atoms with E-state index >= 15 is 0 Å². The van der Waals surface area contributed by atoms with Crippen LogP contribution >= 0.6 is 0 Å². The maximum absolute atomic E-state index is 11.6. The molecule has 0 unspecified atom stereocenters. The Kier molecular flexibility index (Phi) is 5.74. The summed E-state index contributed by atoms with van der Waals surface area (Å²) in [5.74, 6) is 2.34. The van der Waals surface area contributed by atoms with Crippen LogP contribution in [0.25, 0.3) is 0 Å². The van der Waals surface area contributed by atoms with E-state index in [-0.39, 0.29) is 5.78 Å². The Morgan fingerprint density at radius 3 is 2.36 bits per heavy atom. The predicted molar refractivity (Wildman–Crippen MR) is 109 cm³/mol. The lowest BCUT2D eigenvalue weighted by molar-refractivity contribution is 0.101. The summed E-state index contributed by atoms with van der Waals surface area (Å²) in [4.78, 5) is 20.5. The molecule has 0 fully saturated rings. The van der Waals surface area contributed by atoms with Gasteiger partial charge in [-0.05, 0) is 38.1 Å². The molecule has 0 saturated heterocycles. The molecule has 0 radical (unpaired) electrons. The van der Waals surface area contributed by atoms with E-state index in [0.717, 1.165) is 17.1 Å². The van der Waals surface area contributed by atoms with E-state index in [0.29, 0.717) is 28.8 Å². The minimum absolute atomic E-state index is 0.00428. The number of ketones is 1. The second-order valence-electron chi connectivity index (χ2n) is 6.17. The van der Waals surface area contributed by atoms with Crippen molar-refractivity contribution in [2.75, 3.05) is 24.9 Å². The van der Waals surface area contributed by atoms with Crippen molar-refractivity contribution >= 4 is 28.9 Å². The van der Waals surface area contributed by atoms with Crippen molar-refractivity contribution in [2.45, 2.75) is 13.8 Å². The zero-order chi connectivity index (χ0) is 20.1. The van der Waals surface area contributed by atoms with Gasteiger partial charge in [0, 0.05) is 34.8 Å². The van der Waals surface area contributed by atoms with Crippen LogP contribution in [0.1, 0.15) is 23.0 Å². The van der Waals surface area contributed by atoms with Crippen LogP contribution in [0, 0.1) is 6.92 Å². The molecule has 0 saturated carbocycles. The number of hydrogen-bond acceptors (Lipinski definition) is 7. The molecule has 144 valence electrons. The number of carbonyl (C=O) groups excluding carboxylic acids is 1. The van der Waals surface area contributed by atoms with Gasteiger partial charge < -0.3 is 20.1 Å². The van der Waals surface area contributed by atoms with Gasteiger partial charge in [0.2, 0.25) is 5.95 Å². The molecule has 1 heterocycles. The van der Waals surface area contributed by atoms with Gasteiger partial charge in [0.05, 0.1) is 14.2 Å². The minimum atomic E-state index is 0.00428. The highest BCUT2D eigenvalue weighted by Gasteiger charge is 2.08. The molecule has 7 heteroatoms. The van der Waals surface area contributed by atoms with Gasteiger partial charge in [-0.2, -0.15) is 4.98 Å². The van der Waals surface area contributed by atoms with Crippen LogP contribution in [0.5, 0.6) is 11.5 Å². The minimum Gasteiger partial charge on any atom is -0.493 e. The Morgan fingerprint density at radius 2 is 1.64 bits per heavy atom. The lowest BCUT2D eigenvalue weighted by Gasteiger charge is -2.12. The summed E-state index contributed by atoms with van der Waals surface area (Å²) in [5.41, 5.74) is 2.97. The molecular weight excluding hydrogens is 356 g/mol. The van der Waals surface area contributed by atoms with Crippen LogP contribution in [0.15, 0.2) is 48.5 Å². The summed E-state index contributed by atoms with van der Waals surface area (Å²) in [5, 5.41) is 6.39. The van der Waals surface area contributed by atoms with Crippen molar-refractivity contribution in [1.82, 2.24) is 9.97 Å². The summed E-state index contributed by atoms with van der Waals surface area (Å²) in [6.07, 6.45) is 0. The number of methoxy groups -OCH3 is 2. The third-order valence-corrected chi connectivity index (χ3v) is 4.04. The molecule has 0 bridgehead atoms. The average Bonchev–Trinajstić information content (AvgIpc) is 2.67. The smallest absolute Gasteiger partial charge is 0.229 e. The molecule has 0 amide bonds. The van der Waals surface area contributed by atoms with E-state index in [4.69, 9.17) is 9.47 Å². The molecule has 0 aliphatic heterocycles. The molecule has 3 aromatic rings. The summed E-state index contributed by atoms with van der Waals surface area (Å²) in [6.45, 7) is 3.42. The molecule has 7 nitrogen and oxygen atoms in total. The zero-order valence-electron chi connectivity index (χ0n) is 16.2. The number of aromatic nitrogens is 2. The van der Waals surface area contributed by atoms with Crippen molar-refractivity contribution < 1.29 is 14.3 Å². The van der Waals surface area contributed by atoms with Crippen molar-refractivity contribution in [3.05, 3.63) is 59.8 Å². The first-order valence-electron chi connectivity index (χ1n) is 8.71. The van der Waals surface area contributed by atoms with Crippen molar-refractivity contribution in [2.24, 2.45) is 0 Å². The van der Waals surface area contributed by atoms with Gasteiger partial charge in [-0.25, -0.2) is 4.98 Å². The lowest BCUT2D eigenvalue weighted by atomic mass is 10.1. The largest absolute Gasteiger partial charge is 0.493 e. The van der Waals surface area contributed by atoms with Gasteiger partial charge in [-0.15, -0.1) is 0 Å². The second kappa shape index (κ2) is 8.39. The SMILES string of the molecule is COc1ccc(Nc2cc(C)nc(Nc3cccc(C(C)=O)c3)n2)cc1OC. The van der Waals surface area contributed by atoms with Gasteiger partial charge >= 0.3 is 0 Å². The highest BCUT2D eigenvalue weighted by molar-refractivity contribution is 5.95. The molecule has 0 aliphatic carbocycles. The molecule has 0 atom stereocenters. The summed E-state index contributed by atoms with van der Waals surface area (Å²) in [7, 11) is 3.19. The normalized spacial score (nSPS) is 10.3. The van der Waals surface area contributed by atoms with Crippen LogP contribution in [-0.4, -0.2) is 30.0 Å². The second-order valence-corrected chi connectivity index (χ2v) is 6.17. The Bertz CT molecular complexity index is 1000. The first-order valence-corrected chi connectivity index (χ1v) is 8.71. The molecule has 1 aromatic heterocycles. The zero-order valence-corrected chi connectivity index (χ0v) is 16.2. The summed E-state index contributed by atoms with van der Waals surface area (Å²) < 4.78 is 10.6.